The fourth-order valence-corrected chi connectivity index (χ4v) is 3.96. The summed E-state index contributed by atoms with van der Waals surface area (Å²) < 4.78 is 2.12. The minimum absolute atomic E-state index is 0.174. The molecule has 1 N–H and O–H groups in total. The summed E-state index contributed by atoms with van der Waals surface area (Å²) >= 11 is 19.5. The molecular weight excluding hydrogens is 437 g/mol. The molecule has 2 aromatic carbocycles. The summed E-state index contributed by atoms with van der Waals surface area (Å²) in [6.07, 6.45) is 0.785. The number of halogens is 4. The van der Waals surface area contributed by atoms with E-state index in [-0.39, 0.29) is 6.04 Å². The van der Waals surface area contributed by atoms with Gasteiger partial charge in [-0.3, -0.25) is 0 Å². The number of likely N-dealkylation sites (N-methyl/N-ethyl adjacent to an activating group) is 1. The Morgan fingerprint density at radius 3 is 2.52 bits per heavy atom. The van der Waals surface area contributed by atoms with E-state index in [9.17, 15) is 0 Å². The number of hydrogen-bond donors (Lipinski definition) is 1. The summed E-state index contributed by atoms with van der Waals surface area (Å²) in [6.45, 7) is 2.98. The van der Waals surface area contributed by atoms with E-state index in [1.165, 1.54) is 5.56 Å². The summed E-state index contributed by atoms with van der Waals surface area (Å²) in [5.74, 6) is 0. The van der Waals surface area contributed by atoms with Gasteiger partial charge in [-0.05, 0) is 54.4 Å². The lowest BCUT2D eigenvalue weighted by atomic mass is 9.99. The summed E-state index contributed by atoms with van der Waals surface area (Å²) in [4.78, 5) is 0. The van der Waals surface area contributed by atoms with Crippen LogP contribution >= 0.6 is 55.1 Å². The van der Waals surface area contributed by atoms with Crippen LogP contribution in [0.3, 0.4) is 0 Å². The predicted molar refractivity (Wildman–Crippen MR) is 98.4 cm³/mol. The smallest absolute Gasteiger partial charge is 0.0439 e. The van der Waals surface area contributed by atoms with E-state index < -0.39 is 0 Å². The van der Waals surface area contributed by atoms with Gasteiger partial charge in [-0.1, -0.05) is 68.1 Å². The maximum Gasteiger partial charge on any atom is 0.0439 e. The highest BCUT2D eigenvalue weighted by Gasteiger charge is 2.16. The standard InChI is InChI=1S/C16H15Br2Cl2N/c1-2-21-16(13-5-3-11(17)9-14(13)18)8-10-7-12(19)4-6-15(10)20/h3-7,9,16,21H,2,8H2,1H3. The molecule has 0 aliphatic rings. The fraction of sp³-hybridized carbons (Fsp3) is 0.250. The summed E-state index contributed by atoms with van der Waals surface area (Å²) in [6, 6.07) is 12.0. The Balaban J connectivity index is 2.32. The Kier molecular flexibility index (Phi) is 6.57. The van der Waals surface area contributed by atoms with Gasteiger partial charge in [-0.25, -0.2) is 0 Å². The van der Waals surface area contributed by atoms with Crippen LogP contribution in [0.5, 0.6) is 0 Å². The molecule has 2 rings (SSSR count). The number of hydrogen-bond acceptors (Lipinski definition) is 1. The summed E-state index contributed by atoms with van der Waals surface area (Å²) in [5, 5.41) is 4.96. The van der Waals surface area contributed by atoms with Crippen molar-refractivity contribution >= 4 is 55.1 Å². The van der Waals surface area contributed by atoms with Crippen molar-refractivity contribution in [3.05, 3.63) is 66.5 Å². The first-order valence-corrected chi connectivity index (χ1v) is 8.97. The lowest BCUT2D eigenvalue weighted by Crippen LogP contribution is -2.23. The third kappa shape index (κ3) is 4.70. The highest BCUT2D eigenvalue weighted by atomic mass is 79.9. The maximum atomic E-state index is 6.29. The van der Waals surface area contributed by atoms with E-state index >= 15 is 0 Å². The molecule has 0 radical (unpaired) electrons. The Bertz CT molecular complexity index is 632. The Morgan fingerprint density at radius 1 is 1.10 bits per heavy atom. The van der Waals surface area contributed by atoms with Gasteiger partial charge in [0.05, 0.1) is 0 Å². The maximum absolute atomic E-state index is 6.29. The van der Waals surface area contributed by atoms with Crippen molar-refractivity contribution in [2.75, 3.05) is 6.54 Å². The van der Waals surface area contributed by atoms with Crippen LogP contribution < -0.4 is 5.32 Å². The second kappa shape index (κ2) is 7.98. The molecule has 0 aliphatic carbocycles. The van der Waals surface area contributed by atoms with Crippen LogP contribution in [0, 0.1) is 0 Å². The van der Waals surface area contributed by atoms with Crippen LogP contribution in [0.15, 0.2) is 45.3 Å². The first-order chi connectivity index (χ1) is 10.0. The zero-order valence-corrected chi connectivity index (χ0v) is 16.2. The molecule has 0 bridgehead atoms. The lowest BCUT2D eigenvalue weighted by molar-refractivity contribution is 0.548. The topological polar surface area (TPSA) is 12.0 Å². The monoisotopic (exact) mass is 449 g/mol. The average molecular weight is 452 g/mol. The Morgan fingerprint density at radius 2 is 1.86 bits per heavy atom. The zero-order chi connectivity index (χ0) is 15.4. The van der Waals surface area contributed by atoms with E-state index in [2.05, 4.69) is 56.2 Å². The van der Waals surface area contributed by atoms with Gasteiger partial charge in [-0.15, -0.1) is 0 Å². The van der Waals surface area contributed by atoms with Crippen LogP contribution in [0.1, 0.15) is 24.1 Å². The van der Waals surface area contributed by atoms with Gasteiger partial charge in [0, 0.05) is 25.0 Å². The molecule has 1 unspecified atom stereocenters. The number of rotatable bonds is 5. The van der Waals surface area contributed by atoms with Crippen molar-refractivity contribution in [1.29, 1.82) is 0 Å². The molecule has 5 heteroatoms. The molecule has 0 aliphatic heterocycles. The van der Waals surface area contributed by atoms with E-state index in [0.717, 1.165) is 32.5 Å². The van der Waals surface area contributed by atoms with E-state index in [1.54, 1.807) is 0 Å². The van der Waals surface area contributed by atoms with Crippen molar-refractivity contribution in [2.45, 2.75) is 19.4 Å². The molecule has 0 fully saturated rings. The van der Waals surface area contributed by atoms with Crippen LogP contribution in [0.4, 0.5) is 0 Å². The molecule has 112 valence electrons. The number of nitrogens with one attached hydrogen (secondary N) is 1. The second-order valence-corrected chi connectivity index (χ2v) is 7.33. The molecule has 0 amide bonds. The Labute approximate surface area is 152 Å². The van der Waals surface area contributed by atoms with Crippen molar-refractivity contribution in [3.63, 3.8) is 0 Å². The Hall–Kier alpha value is -0.0600. The summed E-state index contributed by atoms with van der Waals surface area (Å²) in [5.41, 5.74) is 2.25. The highest BCUT2D eigenvalue weighted by Crippen LogP contribution is 2.31. The highest BCUT2D eigenvalue weighted by molar-refractivity contribution is 9.11. The van der Waals surface area contributed by atoms with Crippen LogP contribution in [-0.4, -0.2) is 6.54 Å². The van der Waals surface area contributed by atoms with Gasteiger partial charge in [0.25, 0.3) is 0 Å². The molecule has 1 atom stereocenters. The first kappa shape index (κ1) is 17.3. The van der Waals surface area contributed by atoms with Gasteiger partial charge >= 0.3 is 0 Å². The van der Waals surface area contributed by atoms with Crippen molar-refractivity contribution in [1.82, 2.24) is 5.32 Å². The van der Waals surface area contributed by atoms with Crippen LogP contribution in [-0.2, 0) is 6.42 Å². The molecule has 2 aromatic rings. The van der Waals surface area contributed by atoms with Gasteiger partial charge in [-0.2, -0.15) is 0 Å². The van der Waals surface area contributed by atoms with E-state index in [4.69, 9.17) is 23.2 Å². The van der Waals surface area contributed by atoms with Gasteiger partial charge in [0.15, 0.2) is 0 Å². The molecular formula is C16H15Br2Cl2N. The molecule has 21 heavy (non-hydrogen) atoms. The van der Waals surface area contributed by atoms with Crippen LogP contribution in [0.2, 0.25) is 10.0 Å². The van der Waals surface area contributed by atoms with Crippen molar-refractivity contribution in [2.24, 2.45) is 0 Å². The largest absolute Gasteiger partial charge is 0.310 e. The van der Waals surface area contributed by atoms with Gasteiger partial charge in [0.2, 0.25) is 0 Å². The molecule has 1 nitrogen and oxygen atoms in total. The summed E-state index contributed by atoms with van der Waals surface area (Å²) in [7, 11) is 0. The molecule has 0 aromatic heterocycles. The third-order valence-electron chi connectivity index (χ3n) is 3.22. The van der Waals surface area contributed by atoms with Gasteiger partial charge < -0.3 is 5.32 Å². The minimum Gasteiger partial charge on any atom is -0.310 e. The fourth-order valence-electron chi connectivity index (χ4n) is 2.24. The first-order valence-electron chi connectivity index (χ1n) is 6.63. The second-order valence-electron chi connectivity index (χ2n) is 4.72. The van der Waals surface area contributed by atoms with Gasteiger partial charge in [0.1, 0.15) is 0 Å². The van der Waals surface area contributed by atoms with Crippen LogP contribution in [0.25, 0.3) is 0 Å². The van der Waals surface area contributed by atoms with E-state index in [1.807, 2.05) is 24.3 Å². The minimum atomic E-state index is 0.174. The van der Waals surface area contributed by atoms with Crippen molar-refractivity contribution < 1.29 is 0 Å². The normalized spacial score (nSPS) is 12.4. The molecule has 0 saturated carbocycles. The lowest BCUT2D eigenvalue weighted by Gasteiger charge is -2.21. The zero-order valence-electron chi connectivity index (χ0n) is 11.5. The predicted octanol–water partition coefficient (Wildman–Crippen LogP) is 6.41. The molecule has 0 spiro atoms. The van der Waals surface area contributed by atoms with Crippen molar-refractivity contribution in [3.8, 4) is 0 Å². The SMILES string of the molecule is CCNC(Cc1cc(Cl)ccc1Cl)c1ccc(Br)cc1Br. The molecule has 0 heterocycles. The quantitative estimate of drug-likeness (QED) is 0.553. The molecule has 0 saturated heterocycles. The number of benzene rings is 2. The third-order valence-corrected chi connectivity index (χ3v) is 5.00. The average Bonchev–Trinajstić information content (AvgIpc) is 2.42. The van der Waals surface area contributed by atoms with E-state index in [0.29, 0.717) is 5.02 Å².